The summed E-state index contributed by atoms with van der Waals surface area (Å²) in [7, 11) is 0. The lowest BCUT2D eigenvalue weighted by molar-refractivity contribution is -0.379. The Morgan fingerprint density at radius 1 is 0.402 bits per heavy atom. The highest BCUT2D eigenvalue weighted by Gasteiger charge is 2.53. The summed E-state index contributed by atoms with van der Waals surface area (Å²) in [5.74, 6) is -0.301. The molecule has 3 rings (SSSR count). The van der Waals surface area contributed by atoms with Gasteiger partial charge in [-0.1, -0.05) is 219 Å². The molecule has 0 aromatic carbocycles. The van der Waals surface area contributed by atoms with Crippen LogP contribution in [0.3, 0.4) is 0 Å². The molecule has 17 atom stereocenters. The van der Waals surface area contributed by atoms with E-state index in [0.29, 0.717) is 12.8 Å². The van der Waals surface area contributed by atoms with Crippen LogP contribution in [0.15, 0.2) is 122 Å². The number of amides is 1. The molecule has 19 nitrogen and oxygen atoms in total. The smallest absolute Gasteiger partial charge is 0.220 e. The third kappa shape index (κ3) is 34.7. The van der Waals surface area contributed by atoms with E-state index < -0.39 is 124 Å². The van der Waals surface area contributed by atoms with Crippen LogP contribution in [0.25, 0.3) is 0 Å². The molecular weight excluding hydrogens is 1180 g/mol. The van der Waals surface area contributed by atoms with Crippen LogP contribution in [0.2, 0.25) is 0 Å². The number of carbonyl (C=O) groups is 1. The molecule has 17 unspecified atom stereocenters. The van der Waals surface area contributed by atoms with Crippen LogP contribution in [-0.2, 0) is 33.2 Å². The van der Waals surface area contributed by atoms with E-state index in [1.165, 1.54) is 51.4 Å². The lowest BCUT2D eigenvalue weighted by Crippen LogP contribution is -2.66. The van der Waals surface area contributed by atoms with Crippen molar-refractivity contribution in [2.24, 2.45) is 0 Å². The number of hydrogen-bond acceptors (Lipinski definition) is 18. The normalized spacial score (nSPS) is 28.5. The van der Waals surface area contributed by atoms with Crippen LogP contribution in [-0.4, -0.2) is 193 Å². The predicted octanol–water partition coefficient (Wildman–Crippen LogP) is 9.21. The zero-order valence-electron chi connectivity index (χ0n) is 55.5. The Morgan fingerprint density at radius 2 is 0.761 bits per heavy atom. The molecule has 3 aliphatic heterocycles. The Bertz CT molecular complexity index is 2140. The molecule has 0 aromatic heterocycles. The minimum atomic E-state index is -1.99. The van der Waals surface area contributed by atoms with Gasteiger partial charge in [-0.05, 0) is 96.3 Å². The molecule has 92 heavy (non-hydrogen) atoms. The third-order valence-electron chi connectivity index (χ3n) is 16.5. The monoisotopic (exact) mass is 1300 g/mol. The summed E-state index contributed by atoms with van der Waals surface area (Å²) >= 11 is 0. The highest BCUT2D eigenvalue weighted by molar-refractivity contribution is 5.76. The molecule has 3 aliphatic rings. The number of hydrogen-bond donors (Lipinski definition) is 12. The van der Waals surface area contributed by atoms with Gasteiger partial charge in [0.25, 0.3) is 0 Å². The third-order valence-corrected chi connectivity index (χ3v) is 16.5. The van der Waals surface area contributed by atoms with Crippen molar-refractivity contribution in [3.63, 3.8) is 0 Å². The number of allylic oxidation sites excluding steroid dienone is 19. The summed E-state index contributed by atoms with van der Waals surface area (Å²) in [6.07, 6.45) is 46.1. The number of unbranched alkanes of at least 4 members (excludes halogenated alkanes) is 17. The first-order valence-corrected chi connectivity index (χ1v) is 34.8. The van der Waals surface area contributed by atoms with Gasteiger partial charge in [0.1, 0.15) is 73.2 Å². The minimum absolute atomic E-state index is 0.217. The van der Waals surface area contributed by atoms with E-state index in [1.54, 1.807) is 6.08 Å². The van der Waals surface area contributed by atoms with Crippen molar-refractivity contribution in [2.45, 2.75) is 304 Å². The first-order valence-electron chi connectivity index (χ1n) is 34.8. The zero-order chi connectivity index (χ0) is 66.8. The van der Waals surface area contributed by atoms with Crippen LogP contribution >= 0.6 is 0 Å². The SMILES string of the molecule is CC/C=C\C/C=C\C/C=C\C/C=C\C/C=C\C/C=C\C/C=C\C/C=C\CCCCCCCCCCC(=O)NC(COC1OC(CO)C(OC2OC(CO)C(OC3OC(CO)C(O)C(O)C3O)C(O)C2O)C(O)C1O)C(O)/C=C/CC/C=C/CCCCCCCCCC. The topological polar surface area (TPSA) is 307 Å². The maximum atomic E-state index is 13.4. The van der Waals surface area contributed by atoms with E-state index in [2.05, 4.69) is 129 Å². The predicted molar refractivity (Wildman–Crippen MR) is 360 cm³/mol. The second-order valence-electron chi connectivity index (χ2n) is 24.2. The molecule has 3 heterocycles. The number of carbonyl (C=O) groups excluding carboxylic acids is 1. The maximum Gasteiger partial charge on any atom is 0.220 e. The van der Waals surface area contributed by atoms with Crippen molar-refractivity contribution in [3.05, 3.63) is 122 Å². The van der Waals surface area contributed by atoms with Crippen molar-refractivity contribution in [1.29, 1.82) is 0 Å². The Kier molecular flexibility index (Phi) is 47.8. The fourth-order valence-corrected chi connectivity index (χ4v) is 10.9. The van der Waals surface area contributed by atoms with Crippen molar-refractivity contribution < 1.29 is 89.4 Å². The summed E-state index contributed by atoms with van der Waals surface area (Å²) in [5.41, 5.74) is 0. The number of ether oxygens (including phenoxy) is 6. The quantitative estimate of drug-likeness (QED) is 0.0199. The molecule has 526 valence electrons. The molecule has 0 aromatic rings. The van der Waals surface area contributed by atoms with Crippen LogP contribution in [0.1, 0.15) is 200 Å². The standard InChI is InChI=1S/C73H121NO18/c1-3-5-7-9-11-13-15-17-19-20-21-22-23-24-25-26-27-28-29-30-31-32-33-34-35-36-37-39-41-43-45-47-49-51-61(79)74-56(57(78)50-48-46-44-42-40-38-18-16-14-12-10-8-6-4-2)55-87-71-67(85)64(82)69(59(53-76)89-71)92-73-68(86)65(83)70(60(54-77)90-73)91-72-66(84)63(81)62(80)58(52-75)88-72/h5,7,11,13,17,19,21-22,24-25,27-28,30-31,33-34,40,42,48,50,56-60,62-73,75-78,80-86H,3-4,6,8-10,12,14-16,18,20,23,26,29,32,35-39,41,43-47,49,51-55H2,1-2H3,(H,74,79)/b7-5-,13-11-,19-17-,22-21-,25-24-,28-27-,31-30-,34-33-,42-40+,50-48+. The molecule has 3 fully saturated rings. The van der Waals surface area contributed by atoms with Gasteiger partial charge in [0, 0.05) is 6.42 Å². The van der Waals surface area contributed by atoms with Gasteiger partial charge >= 0.3 is 0 Å². The molecule has 0 radical (unpaired) electrons. The van der Waals surface area contributed by atoms with Crippen LogP contribution in [0, 0.1) is 0 Å². The van der Waals surface area contributed by atoms with Crippen molar-refractivity contribution in [2.75, 3.05) is 26.4 Å². The number of aliphatic hydroxyl groups is 11. The van der Waals surface area contributed by atoms with E-state index in [0.717, 1.165) is 116 Å². The van der Waals surface area contributed by atoms with Gasteiger partial charge in [0.2, 0.25) is 5.91 Å². The van der Waals surface area contributed by atoms with E-state index in [1.807, 2.05) is 6.08 Å². The van der Waals surface area contributed by atoms with E-state index in [4.69, 9.17) is 28.4 Å². The molecule has 12 N–H and O–H groups in total. The van der Waals surface area contributed by atoms with Crippen LogP contribution < -0.4 is 5.32 Å². The van der Waals surface area contributed by atoms with Gasteiger partial charge in [-0.2, -0.15) is 0 Å². The largest absolute Gasteiger partial charge is 0.394 e. The molecule has 19 heteroatoms. The second kappa shape index (κ2) is 53.3. The van der Waals surface area contributed by atoms with Crippen LogP contribution in [0.4, 0.5) is 0 Å². The van der Waals surface area contributed by atoms with Crippen LogP contribution in [0.5, 0.6) is 0 Å². The maximum absolute atomic E-state index is 13.4. The van der Waals surface area contributed by atoms with Gasteiger partial charge < -0.3 is 89.9 Å². The fourth-order valence-electron chi connectivity index (χ4n) is 10.9. The van der Waals surface area contributed by atoms with Crippen molar-refractivity contribution in [3.8, 4) is 0 Å². The van der Waals surface area contributed by atoms with Gasteiger partial charge in [0.05, 0.1) is 38.6 Å². The Balaban J connectivity index is 1.40. The average molecular weight is 1300 g/mol. The van der Waals surface area contributed by atoms with Crippen molar-refractivity contribution in [1.82, 2.24) is 5.32 Å². The number of nitrogens with one attached hydrogen (secondary N) is 1. The van der Waals surface area contributed by atoms with E-state index >= 15 is 0 Å². The number of aliphatic hydroxyl groups excluding tert-OH is 11. The van der Waals surface area contributed by atoms with Gasteiger partial charge in [0.15, 0.2) is 18.9 Å². The second-order valence-corrected chi connectivity index (χ2v) is 24.2. The lowest BCUT2D eigenvalue weighted by Gasteiger charge is -2.48. The first-order chi connectivity index (χ1) is 44.8. The van der Waals surface area contributed by atoms with E-state index in [-0.39, 0.29) is 18.9 Å². The Morgan fingerprint density at radius 3 is 1.22 bits per heavy atom. The summed E-state index contributed by atoms with van der Waals surface area (Å²) in [5, 5.41) is 120. The summed E-state index contributed by atoms with van der Waals surface area (Å²) in [6, 6.07) is -1.00. The molecule has 1 amide bonds. The number of rotatable bonds is 51. The van der Waals surface area contributed by atoms with Gasteiger partial charge in [-0.15, -0.1) is 0 Å². The molecule has 3 saturated heterocycles. The highest BCUT2D eigenvalue weighted by Crippen LogP contribution is 2.33. The Hall–Kier alpha value is -3.81. The molecule has 0 aliphatic carbocycles. The van der Waals surface area contributed by atoms with E-state index in [9.17, 15) is 61.0 Å². The summed E-state index contributed by atoms with van der Waals surface area (Å²) in [6.45, 7) is 1.56. The molecule has 0 saturated carbocycles. The molecule has 0 bridgehead atoms. The first kappa shape index (κ1) is 82.4. The fraction of sp³-hybridized carbons (Fsp3) is 0.712. The minimum Gasteiger partial charge on any atom is -0.394 e. The Labute approximate surface area is 550 Å². The summed E-state index contributed by atoms with van der Waals surface area (Å²) in [4.78, 5) is 13.4. The van der Waals surface area contributed by atoms with Gasteiger partial charge in [-0.25, -0.2) is 0 Å². The lowest BCUT2D eigenvalue weighted by atomic mass is 9.96. The summed E-state index contributed by atoms with van der Waals surface area (Å²) < 4.78 is 34.3. The highest BCUT2D eigenvalue weighted by atomic mass is 16.8. The zero-order valence-corrected chi connectivity index (χ0v) is 55.5. The molecule has 0 spiro atoms. The average Bonchev–Trinajstić information content (AvgIpc) is 0.840. The molecular formula is C73H121NO18. The van der Waals surface area contributed by atoms with Gasteiger partial charge in [-0.3, -0.25) is 4.79 Å². The van der Waals surface area contributed by atoms with Crippen molar-refractivity contribution >= 4 is 5.91 Å².